The van der Waals surface area contributed by atoms with Crippen LogP contribution in [0.5, 0.6) is 0 Å². The van der Waals surface area contributed by atoms with Crippen molar-refractivity contribution >= 4 is 21.9 Å². The lowest BCUT2D eigenvalue weighted by Crippen LogP contribution is -2.37. The summed E-state index contributed by atoms with van der Waals surface area (Å²) in [5.74, 6) is -0.359. The molecule has 0 aliphatic carbocycles. The van der Waals surface area contributed by atoms with E-state index in [1.807, 2.05) is 0 Å². The molecule has 1 aliphatic heterocycles. The maximum Gasteiger partial charge on any atom is 0.492 e. The van der Waals surface area contributed by atoms with Crippen molar-refractivity contribution in [1.82, 2.24) is 20.1 Å². The Kier molecular flexibility index (Phi) is 3.49. The van der Waals surface area contributed by atoms with E-state index in [0.29, 0.717) is 17.3 Å². The number of aromatic nitrogens is 3. The minimum Gasteiger partial charge on any atom is -0.390 e. The van der Waals surface area contributed by atoms with E-state index >= 15 is 0 Å². The van der Waals surface area contributed by atoms with Gasteiger partial charge >= 0.3 is 5.95 Å². The highest BCUT2D eigenvalue weighted by molar-refractivity contribution is 9.10. The van der Waals surface area contributed by atoms with Crippen LogP contribution >= 0.6 is 15.9 Å². The lowest BCUT2D eigenvalue weighted by atomic mass is 10.1. The third kappa shape index (κ3) is 2.56. The quantitative estimate of drug-likeness (QED) is 0.665. The zero-order valence-corrected chi connectivity index (χ0v) is 10.2. The van der Waals surface area contributed by atoms with Gasteiger partial charge in [-0.1, -0.05) is 6.42 Å². The molecule has 0 saturated carbocycles. The number of piperidine rings is 1. The monoisotopic (exact) mass is 289 g/mol. The Balaban J connectivity index is 2.05. The number of hydrogen-bond acceptors (Lipinski definition) is 5. The fourth-order valence-corrected chi connectivity index (χ4v) is 2.18. The van der Waals surface area contributed by atoms with Gasteiger partial charge in [0.2, 0.25) is 0 Å². The molecule has 2 heterocycles. The van der Waals surface area contributed by atoms with Gasteiger partial charge in [-0.05, 0) is 29.3 Å². The maximum absolute atomic E-state index is 10.5. The summed E-state index contributed by atoms with van der Waals surface area (Å²) in [5, 5.41) is 17.7. The Labute approximate surface area is 101 Å². The highest BCUT2D eigenvalue weighted by Gasteiger charge is 2.22. The van der Waals surface area contributed by atoms with E-state index in [1.165, 1.54) is 17.5 Å². The van der Waals surface area contributed by atoms with Crippen molar-refractivity contribution in [1.29, 1.82) is 0 Å². The molecule has 0 radical (unpaired) electrons. The Morgan fingerprint density at radius 2 is 2.44 bits per heavy atom. The van der Waals surface area contributed by atoms with Crippen LogP contribution in [0.3, 0.4) is 0 Å². The molecule has 1 unspecified atom stereocenters. The minimum atomic E-state index is -0.588. The van der Waals surface area contributed by atoms with Crippen molar-refractivity contribution < 1.29 is 4.92 Å². The van der Waals surface area contributed by atoms with E-state index in [9.17, 15) is 10.1 Å². The summed E-state index contributed by atoms with van der Waals surface area (Å²) in [6.45, 7) is 1.61. The van der Waals surface area contributed by atoms with Gasteiger partial charge in [-0.3, -0.25) is 0 Å². The first-order valence-corrected chi connectivity index (χ1v) is 5.94. The number of nitrogens with one attached hydrogen (secondary N) is 1. The molecule has 1 aliphatic rings. The second-order valence-corrected chi connectivity index (χ2v) is 4.48. The first kappa shape index (κ1) is 11.5. The Hall–Kier alpha value is -1.02. The Bertz CT molecular complexity index is 388. The van der Waals surface area contributed by atoms with Gasteiger partial charge in [0.1, 0.15) is 0 Å². The Morgan fingerprint density at radius 1 is 1.62 bits per heavy atom. The maximum atomic E-state index is 10.5. The van der Waals surface area contributed by atoms with Crippen LogP contribution in [0, 0.1) is 10.1 Å². The average molecular weight is 290 g/mol. The lowest BCUT2D eigenvalue weighted by Gasteiger charge is -2.22. The predicted octanol–water partition coefficient (Wildman–Crippen LogP) is 1.09. The average Bonchev–Trinajstić information content (AvgIpc) is 2.62. The molecule has 1 atom stereocenters. The van der Waals surface area contributed by atoms with Crippen LogP contribution in [-0.4, -0.2) is 32.3 Å². The molecule has 8 heteroatoms. The largest absolute Gasteiger partial charge is 0.492 e. The number of hydrogen-bond donors (Lipinski definition) is 1. The third-order valence-corrected chi connectivity index (χ3v) is 3.17. The van der Waals surface area contributed by atoms with Gasteiger partial charge in [0.15, 0.2) is 0 Å². The first-order valence-electron chi connectivity index (χ1n) is 5.15. The molecule has 1 aromatic rings. The van der Waals surface area contributed by atoms with Gasteiger partial charge in [0, 0.05) is 27.1 Å². The van der Waals surface area contributed by atoms with Crippen LogP contribution in [0.25, 0.3) is 0 Å². The van der Waals surface area contributed by atoms with Crippen molar-refractivity contribution in [2.45, 2.75) is 31.8 Å². The van der Waals surface area contributed by atoms with Gasteiger partial charge in [-0.15, -0.1) is 0 Å². The third-order valence-electron chi connectivity index (χ3n) is 2.58. The minimum absolute atomic E-state index is 0.325. The Morgan fingerprint density at radius 3 is 3.00 bits per heavy atom. The van der Waals surface area contributed by atoms with Crippen molar-refractivity contribution in [2.24, 2.45) is 0 Å². The van der Waals surface area contributed by atoms with E-state index in [-0.39, 0.29) is 5.95 Å². The fourth-order valence-electron chi connectivity index (χ4n) is 1.79. The molecule has 0 spiro atoms. The summed E-state index contributed by atoms with van der Waals surface area (Å²) < 4.78 is 1.94. The molecule has 16 heavy (non-hydrogen) atoms. The zero-order chi connectivity index (χ0) is 11.5. The molecule has 88 valence electrons. The van der Waals surface area contributed by atoms with Crippen molar-refractivity contribution in [3.05, 3.63) is 14.8 Å². The van der Waals surface area contributed by atoms with Crippen molar-refractivity contribution in [2.75, 3.05) is 6.54 Å². The van der Waals surface area contributed by atoms with Crippen molar-refractivity contribution in [3.63, 3.8) is 0 Å². The van der Waals surface area contributed by atoms with E-state index in [4.69, 9.17) is 0 Å². The molecular weight excluding hydrogens is 278 g/mol. The van der Waals surface area contributed by atoms with Crippen LogP contribution in [0.1, 0.15) is 19.3 Å². The summed E-state index contributed by atoms with van der Waals surface area (Å²) in [6, 6.07) is 0.325. The van der Waals surface area contributed by atoms with Gasteiger partial charge in [0.25, 0.3) is 4.73 Å². The van der Waals surface area contributed by atoms with Crippen LogP contribution in [0.2, 0.25) is 0 Å². The lowest BCUT2D eigenvalue weighted by molar-refractivity contribution is -0.394. The van der Waals surface area contributed by atoms with E-state index in [1.54, 1.807) is 0 Å². The highest BCUT2D eigenvalue weighted by Crippen LogP contribution is 2.15. The van der Waals surface area contributed by atoms with Gasteiger partial charge in [-0.25, -0.2) is 0 Å². The number of nitrogens with zero attached hydrogens (tertiary/aromatic N) is 4. The normalized spacial score (nSPS) is 20.9. The zero-order valence-electron chi connectivity index (χ0n) is 8.60. The summed E-state index contributed by atoms with van der Waals surface area (Å²) in [6.07, 6.45) is 3.45. The van der Waals surface area contributed by atoms with Gasteiger partial charge < -0.3 is 15.4 Å². The highest BCUT2D eigenvalue weighted by atomic mass is 79.9. The van der Waals surface area contributed by atoms with Crippen LogP contribution in [0.15, 0.2) is 4.73 Å². The SMILES string of the molecule is O=[N+]([O-])c1nc(Br)n(CC2CCCCN2)n1. The molecule has 1 saturated heterocycles. The number of rotatable bonds is 3. The summed E-state index contributed by atoms with van der Waals surface area (Å²) in [7, 11) is 0. The van der Waals surface area contributed by atoms with Gasteiger partial charge in [-0.2, -0.15) is 4.68 Å². The topological polar surface area (TPSA) is 85.9 Å². The molecule has 0 aromatic carbocycles. The van der Waals surface area contributed by atoms with E-state index in [2.05, 4.69) is 31.3 Å². The molecule has 1 aromatic heterocycles. The molecule has 7 nitrogen and oxygen atoms in total. The summed E-state index contributed by atoms with van der Waals surface area (Å²) in [5.41, 5.74) is 0. The summed E-state index contributed by atoms with van der Waals surface area (Å²) >= 11 is 3.17. The molecule has 1 N–H and O–H groups in total. The second-order valence-electron chi connectivity index (χ2n) is 3.77. The van der Waals surface area contributed by atoms with Gasteiger partial charge in [0.05, 0.1) is 6.54 Å². The fraction of sp³-hybridized carbons (Fsp3) is 0.750. The molecule has 0 amide bonds. The van der Waals surface area contributed by atoms with E-state index in [0.717, 1.165) is 13.0 Å². The molecule has 1 fully saturated rings. The number of nitro groups is 1. The predicted molar refractivity (Wildman–Crippen MR) is 60.0 cm³/mol. The molecule has 0 bridgehead atoms. The number of halogens is 1. The standard InChI is InChI=1S/C8H12BrN5O2/c9-7-11-8(14(15)16)12-13(7)5-6-3-1-2-4-10-6/h6,10H,1-5H2. The van der Waals surface area contributed by atoms with E-state index < -0.39 is 4.92 Å². The first-order chi connectivity index (χ1) is 7.66. The molecule has 2 rings (SSSR count). The second kappa shape index (κ2) is 4.88. The van der Waals surface area contributed by atoms with Crippen LogP contribution < -0.4 is 5.32 Å². The molecular formula is C8H12BrN5O2. The van der Waals surface area contributed by atoms with Crippen molar-refractivity contribution in [3.8, 4) is 0 Å². The van der Waals surface area contributed by atoms with Crippen LogP contribution in [-0.2, 0) is 6.54 Å². The van der Waals surface area contributed by atoms with Crippen LogP contribution in [0.4, 0.5) is 5.95 Å². The summed E-state index contributed by atoms with van der Waals surface area (Å²) in [4.78, 5) is 13.6. The smallest absolute Gasteiger partial charge is 0.390 e.